The number of imidazole rings is 1. The number of carbonyl (C=O) groups excluding carboxylic acids is 1. The van der Waals surface area contributed by atoms with Crippen LogP contribution < -0.4 is 5.32 Å². The van der Waals surface area contributed by atoms with Crippen molar-refractivity contribution >= 4 is 28.6 Å². The third-order valence-corrected chi connectivity index (χ3v) is 3.34. The number of aromatic nitrogens is 2. The van der Waals surface area contributed by atoms with Crippen molar-refractivity contribution < 1.29 is 23.8 Å². The topological polar surface area (TPSA) is 104 Å². The largest absolute Gasteiger partial charge is 0.480 e. The van der Waals surface area contributed by atoms with Crippen molar-refractivity contribution in [2.75, 3.05) is 18.5 Å². The van der Waals surface area contributed by atoms with Gasteiger partial charge in [-0.2, -0.15) is 0 Å². The number of rotatable bonds is 6. The highest BCUT2D eigenvalue weighted by Crippen LogP contribution is 2.23. The second kappa shape index (κ2) is 7.10. The Morgan fingerprint density at radius 2 is 1.92 bits per heavy atom. The Morgan fingerprint density at radius 1 is 1.16 bits per heavy atom. The SMILES string of the molecule is O=C(O)COCC(=O)Nc1ccc2nc(-c3ccc(F)cc3)[nH]c2c1. The number of H-pyrrole nitrogens is 1. The van der Waals surface area contributed by atoms with E-state index in [2.05, 4.69) is 15.3 Å². The Kier molecular flexibility index (Phi) is 4.71. The van der Waals surface area contributed by atoms with E-state index in [-0.39, 0.29) is 12.4 Å². The summed E-state index contributed by atoms with van der Waals surface area (Å²) in [7, 11) is 0. The standard InChI is InChI=1S/C17H14FN3O4/c18-11-3-1-10(2-4-11)17-20-13-6-5-12(7-14(13)21-17)19-15(22)8-25-9-16(23)24/h1-7H,8-9H2,(H,19,22)(H,20,21)(H,23,24). The van der Waals surface area contributed by atoms with Crippen LogP contribution in [0, 0.1) is 5.82 Å². The van der Waals surface area contributed by atoms with E-state index >= 15 is 0 Å². The summed E-state index contributed by atoms with van der Waals surface area (Å²) in [5.74, 6) is -1.34. The molecule has 1 amide bonds. The maximum atomic E-state index is 13.0. The number of benzene rings is 2. The van der Waals surface area contributed by atoms with Crippen LogP contribution in [0.5, 0.6) is 0 Å². The Morgan fingerprint density at radius 3 is 2.64 bits per heavy atom. The zero-order chi connectivity index (χ0) is 17.8. The van der Waals surface area contributed by atoms with Crippen LogP contribution in [0.15, 0.2) is 42.5 Å². The molecule has 3 N–H and O–H groups in total. The van der Waals surface area contributed by atoms with Crippen molar-refractivity contribution in [3.63, 3.8) is 0 Å². The first kappa shape index (κ1) is 16.6. The summed E-state index contributed by atoms with van der Waals surface area (Å²) in [6.07, 6.45) is 0. The quantitative estimate of drug-likeness (QED) is 0.637. The highest BCUT2D eigenvalue weighted by Gasteiger charge is 2.08. The van der Waals surface area contributed by atoms with Crippen LogP contribution in [0.3, 0.4) is 0 Å². The number of ether oxygens (including phenoxy) is 1. The number of carboxylic acids is 1. The van der Waals surface area contributed by atoms with Crippen molar-refractivity contribution in [2.24, 2.45) is 0 Å². The van der Waals surface area contributed by atoms with Crippen molar-refractivity contribution in [3.05, 3.63) is 48.3 Å². The number of nitrogens with zero attached hydrogens (tertiary/aromatic N) is 1. The third kappa shape index (κ3) is 4.18. The van der Waals surface area contributed by atoms with Gasteiger partial charge in [-0.05, 0) is 42.5 Å². The zero-order valence-electron chi connectivity index (χ0n) is 13.0. The molecule has 0 fully saturated rings. The Labute approximate surface area is 141 Å². The van der Waals surface area contributed by atoms with Gasteiger partial charge in [0.25, 0.3) is 0 Å². The van der Waals surface area contributed by atoms with Crippen LogP contribution in [0.2, 0.25) is 0 Å². The van der Waals surface area contributed by atoms with Crippen molar-refractivity contribution in [1.82, 2.24) is 9.97 Å². The van der Waals surface area contributed by atoms with E-state index in [1.807, 2.05) is 0 Å². The fourth-order valence-corrected chi connectivity index (χ4v) is 2.26. The molecule has 0 atom stereocenters. The fourth-order valence-electron chi connectivity index (χ4n) is 2.26. The molecule has 8 heteroatoms. The van der Waals surface area contributed by atoms with E-state index in [1.54, 1.807) is 30.3 Å². The molecule has 3 aromatic rings. The molecule has 0 aliphatic heterocycles. The molecule has 128 valence electrons. The number of aliphatic carboxylic acids is 1. The van der Waals surface area contributed by atoms with Gasteiger partial charge in [0.15, 0.2) is 0 Å². The summed E-state index contributed by atoms with van der Waals surface area (Å²) < 4.78 is 17.7. The predicted molar refractivity (Wildman–Crippen MR) is 88.6 cm³/mol. The normalized spacial score (nSPS) is 10.8. The van der Waals surface area contributed by atoms with Crippen LogP contribution in [0.25, 0.3) is 22.4 Å². The van der Waals surface area contributed by atoms with E-state index in [9.17, 15) is 14.0 Å². The lowest BCUT2D eigenvalue weighted by Gasteiger charge is -2.05. The van der Waals surface area contributed by atoms with Crippen molar-refractivity contribution in [3.8, 4) is 11.4 Å². The van der Waals surface area contributed by atoms with E-state index in [4.69, 9.17) is 9.84 Å². The van der Waals surface area contributed by atoms with Gasteiger partial charge < -0.3 is 20.1 Å². The van der Waals surface area contributed by atoms with Crippen LogP contribution >= 0.6 is 0 Å². The van der Waals surface area contributed by atoms with Gasteiger partial charge >= 0.3 is 5.97 Å². The fraction of sp³-hybridized carbons (Fsp3) is 0.118. The number of hydrogen-bond acceptors (Lipinski definition) is 4. The minimum absolute atomic E-state index is 0.324. The average Bonchev–Trinajstić information content (AvgIpc) is 2.98. The second-order valence-corrected chi connectivity index (χ2v) is 5.26. The lowest BCUT2D eigenvalue weighted by Crippen LogP contribution is -2.20. The van der Waals surface area contributed by atoms with Crippen LogP contribution in [-0.2, 0) is 14.3 Å². The van der Waals surface area contributed by atoms with E-state index in [0.717, 1.165) is 5.56 Å². The van der Waals surface area contributed by atoms with Gasteiger partial charge in [0.2, 0.25) is 5.91 Å². The van der Waals surface area contributed by atoms with Gasteiger partial charge in [-0.25, -0.2) is 14.2 Å². The highest BCUT2D eigenvalue weighted by atomic mass is 19.1. The lowest BCUT2D eigenvalue weighted by molar-refractivity contribution is -0.143. The first-order chi connectivity index (χ1) is 12.0. The molecule has 1 heterocycles. The van der Waals surface area contributed by atoms with Crippen molar-refractivity contribution in [1.29, 1.82) is 0 Å². The molecule has 3 rings (SSSR count). The maximum Gasteiger partial charge on any atom is 0.329 e. The van der Waals surface area contributed by atoms with Gasteiger partial charge in [-0.15, -0.1) is 0 Å². The average molecular weight is 343 g/mol. The molecular formula is C17H14FN3O4. The molecule has 0 bridgehead atoms. The molecule has 7 nitrogen and oxygen atoms in total. The third-order valence-electron chi connectivity index (χ3n) is 3.34. The first-order valence-electron chi connectivity index (χ1n) is 7.36. The molecule has 0 aliphatic rings. The number of carboxylic acid groups (broad SMARTS) is 1. The van der Waals surface area contributed by atoms with Crippen LogP contribution in [0.4, 0.5) is 10.1 Å². The lowest BCUT2D eigenvalue weighted by atomic mass is 10.2. The summed E-state index contributed by atoms with van der Waals surface area (Å²) in [5, 5.41) is 11.1. The summed E-state index contributed by atoms with van der Waals surface area (Å²) in [6, 6.07) is 11.0. The number of fused-ring (bicyclic) bond motifs is 1. The maximum absolute atomic E-state index is 13.0. The minimum atomic E-state index is -1.14. The summed E-state index contributed by atoms with van der Waals surface area (Å²) in [4.78, 5) is 29.6. The number of carbonyl (C=O) groups is 2. The van der Waals surface area contributed by atoms with Gasteiger partial charge in [0, 0.05) is 11.3 Å². The zero-order valence-corrected chi connectivity index (χ0v) is 13.0. The number of amides is 1. The molecule has 0 radical (unpaired) electrons. The monoisotopic (exact) mass is 343 g/mol. The van der Waals surface area contributed by atoms with Crippen LogP contribution in [-0.4, -0.2) is 40.2 Å². The summed E-state index contributed by atoms with van der Waals surface area (Å²) in [6.45, 7) is -0.887. The van der Waals surface area contributed by atoms with E-state index in [0.29, 0.717) is 22.5 Å². The summed E-state index contributed by atoms with van der Waals surface area (Å²) >= 11 is 0. The second-order valence-electron chi connectivity index (χ2n) is 5.26. The molecule has 0 saturated heterocycles. The van der Waals surface area contributed by atoms with Gasteiger partial charge in [-0.3, -0.25) is 4.79 Å². The highest BCUT2D eigenvalue weighted by molar-refractivity contribution is 5.94. The molecule has 0 spiro atoms. The Bertz CT molecular complexity index is 921. The van der Waals surface area contributed by atoms with Gasteiger partial charge in [0.1, 0.15) is 24.9 Å². The van der Waals surface area contributed by atoms with Crippen molar-refractivity contribution in [2.45, 2.75) is 0 Å². The number of halogens is 1. The molecule has 25 heavy (non-hydrogen) atoms. The molecule has 0 aliphatic carbocycles. The van der Waals surface area contributed by atoms with E-state index < -0.39 is 18.5 Å². The predicted octanol–water partition coefficient (Wildman–Crippen LogP) is 2.41. The molecule has 0 unspecified atom stereocenters. The molecule has 0 saturated carbocycles. The number of anilines is 1. The summed E-state index contributed by atoms with van der Waals surface area (Å²) in [5.41, 5.74) is 2.65. The molecule has 2 aromatic carbocycles. The smallest absolute Gasteiger partial charge is 0.329 e. The van der Waals surface area contributed by atoms with Gasteiger partial charge in [-0.1, -0.05) is 0 Å². The molecular weight excluding hydrogens is 329 g/mol. The van der Waals surface area contributed by atoms with Crippen LogP contribution in [0.1, 0.15) is 0 Å². The Balaban J connectivity index is 1.73. The Hall–Kier alpha value is -3.26. The number of aromatic amines is 1. The minimum Gasteiger partial charge on any atom is -0.480 e. The van der Waals surface area contributed by atoms with Gasteiger partial charge in [0.05, 0.1) is 11.0 Å². The molecule has 1 aromatic heterocycles. The van der Waals surface area contributed by atoms with E-state index in [1.165, 1.54) is 12.1 Å². The number of nitrogens with one attached hydrogen (secondary N) is 2. The first-order valence-corrected chi connectivity index (χ1v) is 7.36. The number of hydrogen-bond donors (Lipinski definition) is 3.